The summed E-state index contributed by atoms with van der Waals surface area (Å²) in [5.74, 6) is 0.592. The van der Waals surface area contributed by atoms with Crippen LogP contribution in [0.3, 0.4) is 0 Å². The molecule has 1 saturated heterocycles. The molecule has 1 aliphatic carbocycles. The highest BCUT2D eigenvalue weighted by molar-refractivity contribution is 7.91. The van der Waals surface area contributed by atoms with Gasteiger partial charge in [0.25, 0.3) is 0 Å². The first-order valence-corrected chi connectivity index (χ1v) is 10.1. The van der Waals surface area contributed by atoms with Crippen LogP contribution in [0.4, 0.5) is 0 Å². The second-order valence-corrected chi connectivity index (χ2v) is 9.04. The Balaban J connectivity index is 1.73. The lowest BCUT2D eigenvalue weighted by Crippen LogP contribution is -2.43. The van der Waals surface area contributed by atoms with Gasteiger partial charge in [-0.25, -0.2) is 8.42 Å². The van der Waals surface area contributed by atoms with Crippen LogP contribution in [-0.2, 0) is 9.84 Å². The highest BCUT2D eigenvalue weighted by Gasteiger charge is 2.34. The molecule has 1 aliphatic heterocycles. The van der Waals surface area contributed by atoms with Crippen LogP contribution >= 0.6 is 0 Å². The number of piperidine rings is 1. The summed E-state index contributed by atoms with van der Waals surface area (Å²) < 4.78 is 23.5. The molecule has 2 rings (SSSR count). The average Bonchev–Trinajstić information content (AvgIpc) is 2.86. The number of nitrogens with one attached hydrogen (secondary N) is 1. The number of rotatable bonds is 6. The van der Waals surface area contributed by atoms with E-state index >= 15 is 0 Å². The van der Waals surface area contributed by atoms with E-state index in [0.29, 0.717) is 5.92 Å². The molecule has 1 saturated carbocycles. The molecule has 118 valence electrons. The zero-order valence-corrected chi connectivity index (χ0v) is 13.8. The number of hydrogen-bond donors (Lipinski definition) is 1. The summed E-state index contributed by atoms with van der Waals surface area (Å²) in [5, 5.41) is 3.36. The average molecular weight is 302 g/mol. The van der Waals surface area contributed by atoms with Crippen LogP contribution in [0.1, 0.15) is 45.4 Å². The van der Waals surface area contributed by atoms with Gasteiger partial charge in [-0.3, -0.25) is 0 Å². The van der Waals surface area contributed by atoms with Crippen LogP contribution in [0.5, 0.6) is 0 Å². The van der Waals surface area contributed by atoms with Gasteiger partial charge in [-0.15, -0.1) is 0 Å². The molecule has 0 radical (unpaired) electrons. The van der Waals surface area contributed by atoms with E-state index in [2.05, 4.69) is 17.1 Å². The Morgan fingerprint density at radius 2 is 1.85 bits per heavy atom. The molecule has 2 aliphatic rings. The van der Waals surface area contributed by atoms with E-state index in [-0.39, 0.29) is 11.3 Å². The SMILES string of the molecule is CC(CNC1CCCC1S(C)(=O)=O)CN1CCCCC1. The molecule has 0 spiro atoms. The fraction of sp³-hybridized carbons (Fsp3) is 1.00. The van der Waals surface area contributed by atoms with Crippen molar-refractivity contribution in [3.8, 4) is 0 Å². The summed E-state index contributed by atoms with van der Waals surface area (Å²) in [6.07, 6.45) is 8.30. The van der Waals surface area contributed by atoms with E-state index in [4.69, 9.17) is 0 Å². The van der Waals surface area contributed by atoms with E-state index in [0.717, 1.165) is 32.4 Å². The lowest BCUT2D eigenvalue weighted by molar-refractivity contribution is 0.197. The Morgan fingerprint density at radius 1 is 1.15 bits per heavy atom. The van der Waals surface area contributed by atoms with Crippen molar-refractivity contribution < 1.29 is 8.42 Å². The highest BCUT2D eigenvalue weighted by atomic mass is 32.2. The van der Waals surface area contributed by atoms with Crippen LogP contribution in [0.2, 0.25) is 0 Å². The molecule has 1 N–H and O–H groups in total. The van der Waals surface area contributed by atoms with Gasteiger partial charge in [0.2, 0.25) is 0 Å². The normalized spacial score (nSPS) is 30.5. The molecular weight excluding hydrogens is 272 g/mol. The van der Waals surface area contributed by atoms with Crippen LogP contribution in [0.25, 0.3) is 0 Å². The predicted molar refractivity (Wildman–Crippen MR) is 83.7 cm³/mol. The molecule has 20 heavy (non-hydrogen) atoms. The molecule has 0 aromatic rings. The molecule has 0 bridgehead atoms. The van der Waals surface area contributed by atoms with Gasteiger partial charge in [-0.05, 0) is 51.2 Å². The van der Waals surface area contributed by atoms with Gasteiger partial charge < -0.3 is 10.2 Å². The van der Waals surface area contributed by atoms with Gasteiger partial charge in [0.05, 0.1) is 5.25 Å². The van der Waals surface area contributed by atoms with Crippen molar-refractivity contribution >= 4 is 9.84 Å². The summed E-state index contributed by atoms with van der Waals surface area (Å²) in [7, 11) is -2.90. The summed E-state index contributed by atoms with van der Waals surface area (Å²) in [6, 6.07) is 0.175. The van der Waals surface area contributed by atoms with E-state index in [1.807, 2.05) is 0 Å². The number of hydrogen-bond acceptors (Lipinski definition) is 4. The minimum absolute atomic E-state index is 0.162. The zero-order valence-electron chi connectivity index (χ0n) is 13.0. The van der Waals surface area contributed by atoms with Gasteiger partial charge in [0.15, 0.2) is 9.84 Å². The summed E-state index contributed by atoms with van der Waals surface area (Å²) >= 11 is 0. The first-order chi connectivity index (χ1) is 9.47. The van der Waals surface area contributed by atoms with E-state index in [1.165, 1.54) is 38.6 Å². The number of likely N-dealkylation sites (tertiary alicyclic amines) is 1. The first-order valence-electron chi connectivity index (χ1n) is 8.11. The second kappa shape index (κ2) is 7.23. The van der Waals surface area contributed by atoms with Crippen molar-refractivity contribution in [2.24, 2.45) is 5.92 Å². The van der Waals surface area contributed by atoms with Crippen LogP contribution in [0.15, 0.2) is 0 Å². The maximum atomic E-state index is 11.8. The quantitative estimate of drug-likeness (QED) is 0.811. The topological polar surface area (TPSA) is 49.4 Å². The minimum Gasteiger partial charge on any atom is -0.312 e. The van der Waals surface area contributed by atoms with Crippen LogP contribution < -0.4 is 5.32 Å². The standard InChI is InChI=1S/C15H30N2O2S/c1-13(12-17-9-4-3-5-10-17)11-16-14-7-6-8-15(14)20(2,18)19/h13-16H,3-12H2,1-2H3. The fourth-order valence-corrected chi connectivity index (χ4v) is 5.10. The molecular formula is C15H30N2O2S. The Bertz CT molecular complexity index is 391. The monoisotopic (exact) mass is 302 g/mol. The maximum absolute atomic E-state index is 11.8. The number of nitrogens with zero attached hydrogens (tertiary/aromatic N) is 1. The summed E-state index contributed by atoms with van der Waals surface area (Å²) in [5.41, 5.74) is 0. The smallest absolute Gasteiger partial charge is 0.151 e. The molecule has 5 heteroatoms. The van der Waals surface area contributed by atoms with E-state index in [9.17, 15) is 8.42 Å². The van der Waals surface area contributed by atoms with Gasteiger partial charge in [0.1, 0.15) is 0 Å². The van der Waals surface area contributed by atoms with Crippen molar-refractivity contribution in [1.29, 1.82) is 0 Å². The molecule has 2 fully saturated rings. The van der Waals surface area contributed by atoms with Gasteiger partial charge in [-0.2, -0.15) is 0 Å². The lowest BCUT2D eigenvalue weighted by atomic mass is 10.1. The van der Waals surface area contributed by atoms with Gasteiger partial charge in [-0.1, -0.05) is 19.8 Å². The Kier molecular flexibility index (Phi) is 5.87. The number of sulfone groups is 1. The molecule has 3 atom stereocenters. The van der Waals surface area contributed by atoms with E-state index in [1.54, 1.807) is 0 Å². The summed E-state index contributed by atoms with van der Waals surface area (Å²) in [6.45, 7) is 6.82. The highest BCUT2D eigenvalue weighted by Crippen LogP contribution is 2.25. The lowest BCUT2D eigenvalue weighted by Gasteiger charge is -2.30. The molecule has 3 unspecified atom stereocenters. The Morgan fingerprint density at radius 3 is 2.50 bits per heavy atom. The van der Waals surface area contributed by atoms with Gasteiger partial charge in [0, 0.05) is 18.8 Å². The van der Waals surface area contributed by atoms with Gasteiger partial charge >= 0.3 is 0 Å². The molecule has 0 aromatic heterocycles. The third-order valence-electron chi connectivity index (χ3n) is 4.75. The Hall–Kier alpha value is -0.130. The third kappa shape index (κ3) is 4.71. The van der Waals surface area contributed by atoms with Crippen molar-refractivity contribution in [2.75, 3.05) is 32.4 Å². The minimum atomic E-state index is -2.90. The van der Waals surface area contributed by atoms with Crippen molar-refractivity contribution in [1.82, 2.24) is 10.2 Å². The molecule has 1 heterocycles. The fourth-order valence-electron chi connectivity index (χ4n) is 3.67. The van der Waals surface area contributed by atoms with Crippen molar-refractivity contribution in [3.05, 3.63) is 0 Å². The maximum Gasteiger partial charge on any atom is 0.151 e. The van der Waals surface area contributed by atoms with Crippen LogP contribution in [0, 0.1) is 5.92 Å². The van der Waals surface area contributed by atoms with Crippen molar-refractivity contribution in [2.45, 2.75) is 56.7 Å². The first kappa shape index (κ1) is 16.2. The Labute approximate surface area is 124 Å². The molecule has 0 amide bonds. The largest absolute Gasteiger partial charge is 0.312 e. The third-order valence-corrected chi connectivity index (χ3v) is 6.41. The molecule has 4 nitrogen and oxygen atoms in total. The van der Waals surface area contributed by atoms with Crippen LogP contribution in [-0.4, -0.2) is 57.0 Å². The second-order valence-electron chi connectivity index (χ2n) is 6.78. The van der Waals surface area contributed by atoms with Crippen molar-refractivity contribution in [3.63, 3.8) is 0 Å². The zero-order chi connectivity index (χ0) is 14.6. The molecule has 0 aromatic carbocycles. The summed E-state index contributed by atoms with van der Waals surface area (Å²) in [4.78, 5) is 2.55. The van der Waals surface area contributed by atoms with E-state index < -0.39 is 9.84 Å². The predicted octanol–water partition coefficient (Wildman–Crippen LogP) is 1.66.